The number of benzene rings is 2. The highest BCUT2D eigenvalue weighted by Gasteiger charge is 2.16. The number of carbonyl (C=O) groups is 2. The molecule has 0 saturated carbocycles. The summed E-state index contributed by atoms with van der Waals surface area (Å²) >= 11 is 0. The van der Waals surface area contributed by atoms with Gasteiger partial charge < -0.3 is 14.9 Å². The fourth-order valence-electron chi connectivity index (χ4n) is 3.06. The van der Waals surface area contributed by atoms with Crippen LogP contribution in [0.3, 0.4) is 0 Å². The van der Waals surface area contributed by atoms with E-state index in [0.29, 0.717) is 22.6 Å². The number of hydrogen-bond donors (Lipinski definition) is 2. The number of ketones is 1. The first-order valence-electron chi connectivity index (χ1n) is 9.49. The third-order valence-electron chi connectivity index (χ3n) is 4.65. The minimum Gasteiger partial charge on any atom is -0.507 e. The quantitative estimate of drug-likeness (QED) is 0.510. The Bertz CT molecular complexity index is 1170. The summed E-state index contributed by atoms with van der Waals surface area (Å²) in [7, 11) is -1.61. The van der Waals surface area contributed by atoms with Crippen LogP contribution in [0.4, 0.5) is 0 Å². The van der Waals surface area contributed by atoms with Crippen LogP contribution in [-0.4, -0.2) is 31.2 Å². The molecule has 7 nitrogen and oxygen atoms in total. The Kier molecular flexibility index (Phi) is 6.81. The predicted molar refractivity (Wildman–Crippen MR) is 114 cm³/mol. The van der Waals surface area contributed by atoms with E-state index in [4.69, 9.17) is 9.84 Å². The SMILES string of the molecule is CCc1c(OCc2cccc(S(=O)c3cncc(C(=O)O)c3)c2)ccc(C(C)=O)c1O. The summed E-state index contributed by atoms with van der Waals surface area (Å²) in [5.74, 6) is -0.974. The van der Waals surface area contributed by atoms with E-state index >= 15 is 0 Å². The largest absolute Gasteiger partial charge is 0.507 e. The number of carboxylic acids is 1. The number of hydrogen-bond acceptors (Lipinski definition) is 6. The van der Waals surface area contributed by atoms with Crippen LogP contribution < -0.4 is 4.74 Å². The third-order valence-corrected chi connectivity index (χ3v) is 5.99. The molecule has 160 valence electrons. The van der Waals surface area contributed by atoms with E-state index in [-0.39, 0.29) is 34.2 Å². The lowest BCUT2D eigenvalue weighted by Crippen LogP contribution is -2.03. The zero-order valence-electron chi connectivity index (χ0n) is 17.0. The molecule has 2 N–H and O–H groups in total. The van der Waals surface area contributed by atoms with Crippen molar-refractivity contribution in [1.82, 2.24) is 4.98 Å². The molecule has 2 aromatic carbocycles. The van der Waals surface area contributed by atoms with Crippen molar-refractivity contribution in [3.63, 3.8) is 0 Å². The van der Waals surface area contributed by atoms with E-state index in [0.717, 1.165) is 5.56 Å². The number of carboxylic acid groups (broad SMARTS) is 1. The molecule has 0 bridgehead atoms. The van der Waals surface area contributed by atoms with E-state index in [1.54, 1.807) is 24.3 Å². The normalized spacial score (nSPS) is 11.7. The van der Waals surface area contributed by atoms with Gasteiger partial charge in [-0.1, -0.05) is 19.1 Å². The number of rotatable bonds is 8. The van der Waals surface area contributed by atoms with Gasteiger partial charge in [-0.3, -0.25) is 9.78 Å². The molecule has 1 aromatic heterocycles. The summed E-state index contributed by atoms with van der Waals surface area (Å²) in [6, 6.07) is 11.4. The number of phenols is 1. The van der Waals surface area contributed by atoms with Crippen LogP contribution in [0.1, 0.15) is 45.7 Å². The number of phenolic OH excluding ortho intramolecular Hbond substituents is 1. The summed E-state index contributed by atoms with van der Waals surface area (Å²) in [5, 5.41) is 19.5. The van der Waals surface area contributed by atoms with E-state index in [2.05, 4.69) is 4.98 Å². The van der Waals surface area contributed by atoms with Crippen LogP contribution in [-0.2, 0) is 23.8 Å². The molecule has 0 aliphatic rings. The topological polar surface area (TPSA) is 114 Å². The molecule has 3 rings (SSSR count). The van der Waals surface area contributed by atoms with Crippen LogP contribution in [0, 0.1) is 0 Å². The Morgan fingerprint density at radius 2 is 1.87 bits per heavy atom. The molecule has 0 radical (unpaired) electrons. The van der Waals surface area contributed by atoms with E-state index in [1.807, 2.05) is 13.0 Å². The van der Waals surface area contributed by atoms with Gasteiger partial charge in [0.1, 0.15) is 18.1 Å². The fraction of sp³-hybridized carbons (Fsp3) is 0.174. The second-order valence-electron chi connectivity index (χ2n) is 6.77. The van der Waals surface area contributed by atoms with E-state index in [1.165, 1.54) is 31.5 Å². The number of Topliss-reactive ketones (excluding diaryl/α,β-unsaturated/α-hetero) is 1. The Balaban J connectivity index is 1.81. The Hall–Kier alpha value is -3.52. The zero-order chi connectivity index (χ0) is 22.5. The summed E-state index contributed by atoms with van der Waals surface area (Å²) in [6.07, 6.45) is 3.06. The molecular formula is C23H21NO6S. The van der Waals surface area contributed by atoms with Gasteiger partial charge in [-0.05, 0) is 49.2 Å². The van der Waals surface area contributed by atoms with Gasteiger partial charge >= 0.3 is 5.97 Å². The molecule has 0 aliphatic carbocycles. The molecule has 3 aromatic rings. The maximum Gasteiger partial charge on any atom is 0.337 e. The second-order valence-corrected chi connectivity index (χ2v) is 8.25. The van der Waals surface area contributed by atoms with Crippen molar-refractivity contribution in [1.29, 1.82) is 0 Å². The van der Waals surface area contributed by atoms with Crippen LogP contribution in [0.25, 0.3) is 0 Å². The molecule has 31 heavy (non-hydrogen) atoms. The lowest BCUT2D eigenvalue weighted by Gasteiger charge is -2.14. The monoisotopic (exact) mass is 439 g/mol. The smallest absolute Gasteiger partial charge is 0.337 e. The minimum atomic E-state index is -1.61. The fourth-order valence-corrected chi connectivity index (χ4v) is 4.19. The Morgan fingerprint density at radius 1 is 1.10 bits per heavy atom. The van der Waals surface area contributed by atoms with Gasteiger partial charge in [0.15, 0.2) is 5.78 Å². The third kappa shape index (κ3) is 4.97. The van der Waals surface area contributed by atoms with Crippen LogP contribution in [0.5, 0.6) is 11.5 Å². The molecule has 1 atom stereocenters. The number of aromatic hydroxyl groups is 1. The van der Waals surface area contributed by atoms with E-state index in [9.17, 15) is 18.9 Å². The molecule has 0 aliphatic heterocycles. The lowest BCUT2D eigenvalue weighted by atomic mass is 10.0. The molecule has 0 spiro atoms. The van der Waals surface area contributed by atoms with Crippen molar-refractivity contribution >= 4 is 22.6 Å². The first-order chi connectivity index (χ1) is 14.8. The average Bonchev–Trinajstić information content (AvgIpc) is 2.77. The summed E-state index contributed by atoms with van der Waals surface area (Å²) < 4.78 is 18.7. The van der Waals surface area contributed by atoms with Crippen LogP contribution in [0.15, 0.2) is 64.6 Å². The van der Waals surface area contributed by atoms with Crippen molar-refractivity contribution in [3.05, 3.63) is 77.1 Å². The van der Waals surface area contributed by atoms with Gasteiger partial charge in [-0.15, -0.1) is 0 Å². The number of aromatic nitrogens is 1. The van der Waals surface area contributed by atoms with Gasteiger partial charge in [0.25, 0.3) is 0 Å². The summed E-state index contributed by atoms with van der Waals surface area (Å²) in [5.41, 5.74) is 1.50. The summed E-state index contributed by atoms with van der Waals surface area (Å²) in [6.45, 7) is 3.40. The number of aromatic carboxylic acids is 1. The van der Waals surface area contributed by atoms with Gasteiger partial charge in [0.05, 0.1) is 26.8 Å². The van der Waals surface area contributed by atoms with Crippen LogP contribution in [0.2, 0.25) is 0 Å². The van der Waals surface area contributed by atoms with Gasteiger partial charge in [0, 0.05) is 22.9 Å². The molecular weight excluding hydrogens is 418 g/mol. The first kappa shape index (κ1) is 22.2. The predicted octanol–water partition coefficient (Wildman–Crippen LogP) is 4.00. The minimum absolute atomic E-state index is 0.0359. The Morgan fingerprint density at radius 3 is 2.55 bits per heavy atom. The van der Waals surface area contributed by atoms with E-state index < -0.39 is 16.8 Å². The van der Waals surface area contributed by atoms with Crippen molar-refractivity contribution in [3.8, 4) is 11.5 Å². The maximum atomic E-state index is 12.9. The Labute approximate surface area is 181 Å². The highest BCUT2D eigenvalue weighted by atomic mass is 32.2. The first-order valence-corrected chi connectivity index (χ1v) is 10.6. The second kappa shape index (κ2) is 9.53. The van der Waals surface area contributed by atoms with Gasteiger partial charge in [0.2, 0.25) is 0 Å². The van der Waals surface area contributed by atoms with Crippen molar-refractivity contribution in [2.45, 2.75) is 36.7 Å². The molecule has 0 saturated heterocycles. The number of ether oxygens (including phenoxy) is 1. The number of carbonyl (C=O) groups excluding carboxylic acids is 1. The molecule has 1 unspecified atom stereocenters. The zero-order valence-corrected chi connectivity index (χ0v) is 17.8. The summed E-state index contributed by atoms with van der Waals surface area (Å²) in [4.78, 5) is 27.4. The lowest BCUT2D eigenvalue weighted by molar-refractivity contribution is 0.0696. The molecule has 0 amide bonds. The average molecular weight is 439 g/mol. The number of pyridine rings is 1. The van der Waals surface area contributed by atoms with Crippen molar-refractivity contribution in [2.75, 3.05) is 0 Å². The molecule has 8 heteroatoms. The molecule has 1 heterocycles. The number of nitrogens with zero attached hydrogens (tertiary/aromatic N) is 1. The van der Waals surface area contributed by atoms with Crippen LogP contribution >= 0.6 is 0 Å². The maximum absolute atomic E-state index is 12.9. The molecule has 0 fully saturated rings. The van der Waals surface area contributed by atoms with Crippen molar-refractivity contribution < 1.29 is 28.7 Å². The highest BCUT2D eigenvalue weighted by molar-refractivity contribution is 7.85. The van der Waals surface area contributed by atoms with Gasteiger partial charge in [-0.2, -0.15) is 0 Å². The van der Waals surface area contributed by atoms with Gasteiger partial charge in [-0.25, -0.2) is 9.00 Å². The standard InChI is InChI=1S/C23H21NO6S/c1-3-19-21(8-7-20(14(2)25)22(19)26)30-13-15-5-4-6-17(9-15)31(29)18-10-16(23(27)28)11-24-12-18/h4-12,26H,3,13H2,1-2H3,(H,27,28). The van der Waals surface area contributed by atoms with Crippen molar-refractivity contribution in [2.24, 2.45) is 0 Å². The highest BCUT2D eigenvalue weighted by Crippen LogP contribution is 2.32.